The molecule has 5 heteroatoms. The minimum absolute atomic E-state index is 0.121. The minimum Gasteiger partial charge on any atom is -0.469 e. The lowest BCUT2D eigenvalue weighted by Crippen LogP contribution is -2.13. The summed E-state index contributed by atoms with van der Waals surface area (Å²) < 4.78 is 5.19. The first-order valence-electron chi connectivity index (χ1n) is 6.50. The molecule has 21 heavy (non-hydrogen) atoms. The number of benzene rings is 1. The molecule has 4 nitrogen and oxygen atoms in total. The second kappa shape index (κ2) is 7.53. The fourth-order valence-electron chi connectivity index (χ4n) is 1.78. The summed E-state index contributed by atoms with van der Waals surface area (Å²) in [4.78, 5) is 12.0. The number of aryl methyl sites for hydroxylation is 1. The SMILES string of the molecule is NCC#Cc1ccc(Cl)cc1NC(=O)CCc1ccco1. The van der Waals surface area contributed by atoms with Gasteiger partial charge >= 0.3 is 0 Å². The van der Waals surface area contributed by atoms with Crippen molar-refractivity contribution in [3.8, 4) is 11.8 Å². The maximum absolute atomic E-state index is 12.0. The van der Waals surface area contributed by atoms with Gasteiger partial charge in [-0.05, 0) is 30.3 Å². The number of carbonyl (C=O) groups excluding carboxylic acids is 1. The number of nitrogens with two attached hydrogens (primary N) is 1. The quantitative estimate of drug-likeness (QED) is 0.853. The van der Waals surface area contributed by atoms with Crippen molar-refractivity contribution >= 4 is 23.2 Å². The molecular weight excluding hydrogens is 288 g/mol. The van der Waals surface area contributed by atoms with Gasteiger partial charge in [-0.1, -0.05) is 23.4 Å². The second-order valence-electron chi connectivity index (χ2n) is 4.32. The lowest BCUT2D eigenvalue weighted by atomic mass is 10.1. The third-order valence-corrected chi connectivity index (χ3v) is 2.99. The van der Waals surface area contributed by atoms with Gasteiger partial charge in [0.2, 0.25) is 5.91 Å². The first-order valence-corrected chi connectivity index (χ1v) is 6.87. The van der Waals surface area contributed by atoms with Crippen LogP contribution in [0, 0.1) is 11.8 Å². The van der Waals surface area contributed by atoms with E-state index in [0.29, 0.717) is 29.1 Å². The van der Waals surface area contributed by atoms with Crippen LogP contribution in [0.15, 0.2) is 41.0 Å². The Morgan fingerprint density at radius 2 is 2.24 bits per heavy atom. The van der Waals surface area contributed by atoms with Crippen LogP contribution in [-0.2, 0) is 11.2 Å². The van der Waals surface area contributed by atoms with Crippen molar-refractivity contribution in [1.82, 2.24) is 0 Å². The Morgan fingerprint density at radius 3 is 2.95 bits per heavy atom. The molecule has 108 valence electrons. The summed E-state index contributed by atoms with van der Waals surface area (Å²) in [7, 11) is 0. The molecule has 0 unspecified atom stereocenters. The van der Waals surface area contributed by atoms with E-state index in [-0.39, 0.29) is 12.5 Å². The van der Waals surface area contributed by atoms with Crippen molar-refractivity contribution < 1.29 is 9.21 Å². The van der Waals surface area contributed by atoms with Crippen molar-refractivity contribution in [1.29, 1.82) is 0 Å². The van der Waals surface area contributed by atoms with Crippen LogP contribution >= 0.6 is 11.6 Å². The molecule has 1 aromatic carbocycles. The van der Waals surface area contributed by atoms with Gasteiger partial charge in [0.15, 0.2) is 0 Å². The largest absolute Gasteiger partial charge is 0.469 e. The standard InChI is InChI=1S/C16H15ClN2O2/c17-13-6-5-12(3-1-9-18)15(11-13)19-16(20)8-7-14-4-2-10-21-14/h2,4-6,10-11H,7-9,18H2,(H,19,20). The van der Waals surface area contributed by atoms with E-state index in [1.165, 1.54) is 0 Å². The predicted octanol–water partition coefficient (Wildman–Crippen LogP) is 2.81. The predicted molar refractivity (Wildman–Crippen MR) is 83.0 cm³/mol. The molecule has 2 aromatic rings. The first-order chi connectivity index (χ1) is 10.2. The van der Waals surface area contributed by atoms with Crippen LogP contribution in [-0.4, -0.2) is 12.5 Å². The van der Waals surface area contributed by atoms with Crippen molar-refractivity contribution in [2.45, 2.75) is 12.8 Å². The van der Waals surface area contributed by atoms with Crippen LogP contribution in [0.5, 0.6) is 0 Å². The number of carbonyl (C=O) groups is 1. The highest BCUT2D eigenvalue weighted by Crippen LogP contribution is 2.20. The van der Waals surface area contributed by atoms with E-state index in [2.05, 4.69) is 17.2 Å². The zero-order chi connectivity index (χ0) is 15.1. The molecule has 3 N–H and O–H groups in total. The zero-order valence-electron chi connectivity index (χ0n) is 11.4. The van der Waals surface area contributed by atoms with Gasteiger partial charge in [-0.15, -0.1) is 0 Å². The fourth-order valence-corrected chi connectivity index (χ4v) is 1.95. The molecule has 1 heterocycles. The van der Waals surface area contributed by atoms with E-state index in [1.807, 2.05) is 6.07 Å². The van der Waals surface area contributed by atoms with Crippen LogP contribution in [0.4, 0.5) is 5.69 Å². The van der Waals surface area contributed by atoms with E-state index in [0.717, 1.165) is 5.76 Å². The van der Waals surface area contributed by atoms with E-state index in [4.69, 9.17) is 21.8 Å². The summed E-state index contributed by atoms with van der Waals surface area (Å²) in [6.07, 6.45) is 2.46. The third kappa shape index (κ3) is 4.67. The van der Waals surface area contributed by atoms with Crippen LogP contribution in [0.1, 0.15) is 17.7 Å². The summed E-state index contributed by atoms with van der Waals surface area (Å²) in [5.41, 5.74) is 6.64. The Kier molecular flexibility index (Phi) is 5.44. The second-order valence-corrected chi connectivity index (χ2v) is 4.76. The van der Waals surface area contributed by atoms with Gasteiger partial charge in [0.05, 0.1) is 18.5 Å². The number of rotatable bonds is 4. The maximum atomic E-state index is 12.0. The number of nitrogens with one attached hydrogen (secondary N) is 1. The summed E-state index contributed by atoms with van der Waals surface area (Å²) in [5.74, 6) is 6.33. The number of hydrogen-bond acceptors (Lipinski definition) is 3. The van der Waals surface area contributed by atoms with Gasteiger partial charge < -0.3 is 15.5 Å². The van der Waals surface area contributed by atoms with Crippen LogP contribution in [0.2, 0.25) is 5.02 Å². The molecular formula is C16H15ClN2O2. The third-order valence-electron chi connectivity index (χ3n) is 2.76. The smallest absolute Gasteiger partial charge is 0.224 e. The molecule has 0 aliphatic carbocycles. The molecule has 0 radical (unpaired) electrons. The van der Waals surface area contributed by atoms with Gasteiger partial charge in [-0.2, -0.15) is 0 Å². The molecule has 1 aromatic heterocycles. The normalized spacial score (nSPS) is 9.81. The van der Waals surface area contributed by atoms with Crippen LogP contribution in [0.3, 0.4) is 0 Å². The molecule has 0 saturated carbocycles. The molecule has 0 saturated heterocycles. The Labute approximate surface area is 128 Å². The van der Waals surface area contributed by atoms with Gasteiger partial charge in [-0.25, -0.2) is 0 Å². The van der Waals surface area contributed by atoms with Crippen LogP contribution < -0.4 is 11.1 Å². The monoisotopic (exact) mass is 302 g/mol. The number of halogens is 1. The highest BCUT2D eigenvalue weighted by molar-refractivity contribution is 6.31. The van der Waals surface area contributed by atoms with E-state index >= 15 is 0 Å². The summed E-state index contributed by atoms with van der Waals surface area (Å²) >= 11 is 5.95. The summed E-state index contributed by atoms with van der Waals surface area (Å²) in [5, 5.41) is 3.35. The average Bonchev–Trinajstić information content (AvgIpc) is 2.98. The van der Waals surface area contributed by atoms with Gasteiger partial charge in [0.1, 0.15) is 5.76 Å². The lowest BCUT2D eigenvalue weighted by molar-refractivity contribution is -0.116. The highest BCUT2D eigenvalue weighted by Gasteiger charge is 2.08. The van der Waals surface area contributed by atoms with E-state index in [1.54, 1.807) is 30.5 Å². The lowest BCUT2D eigenvalue weighted by Gasteiger charge is -2.07. The van der Waals surface area contributed by atoms with E-state index in [9.17, 15) is 4.79 Å². The molecule has 0 aliphatic rings. The van der Waals surface area contributed by atoms with Gasteiger partial charge in [0.25, 0.3) is 0 Å². The molecule has 0 aliphatic heterocycles. The molecule has 1 amide bonds. The Bertz CT molecular complexity index is 669. The minimum atomic E-state index is -0.121. The van der Waals surface area contributed by atoms with Crippen molar-refractivity contribution in [3.05, 3.63) is 52.9 Å². The molecule has 0 atom stereocenters. The van der Waals surface area contributed by atoms with Gasteiger partial charge in [-0.3, -0.25) is 4.79 Å². The topological polar surface area (TPSA) is 68.3 Å². The Balaban J connectivity index is 2.03. The maximum Gasteiger partial charge on any atom is 0.224 e. The molecule has 0 fully saturated rings. The Hall–Kier alpha value is -2.22. The van der Waals surface area contributed by atoms with Crippen molar-refractivity contribution in [3.63, 3.8) is 0 Å². The van der Waals surface area contributed by atoms with Crippen molar-refractivity contribution in [2.75, 3.05) is 11.9 Å². The summed E-state index contributed by atoms with van der Waals surface area (Å²) in [6, 6.07) is 8.79. The molecule has 0 spiro atoms. The highest BCUT2D eigenvalue weighted by atomic mass is 35.5. The zero-order valence-corrected chi connectivity index (χ0v) is 12.1. The van der Waals surface area contributed by atoms with E-state index < -0.39 is 0 Å². The molecule has 2 rings (SSSR count). The number of anilines is 1. The van der Waals surface area contributed by atoms with Crippen molar-refractivity contribution in [2.24, 2.45) is 5.73 Å². The first kappa shape index (κ1) is 15.2. The fraction of sp³-hybridized carbons (Fsp3) is 0.188. The number of amides is 1. The van der Waals surface area contributed by atoms with Gasteiger partial charge in [0, 0.05) is 23.4 Å². The number of hydrogen-bond donors (Lipinski definition) is 2. The molecule has 0 bridgehead atoms. The summed E-state index contributed by atoms with van der Waals surface area (Å²) in [6.45, 7) is 0.258. The Morgan fingerprint density at radius 1 is 1.38 bits per heavy atom. The average molecular weight is 303 g/mol. The number of furan rings is 1. The van der Waals surface area contributed by atoms with Crippen LogP contribution in [0.25, 0.3) is 0 Å².